The Hall–Kier alpha value is -0.890. The molecule has 1 N–H and O–H groups in total. The quantitative estimate of drug-likeness (QED) is 0.789. The highest BCUT2D eigenvalue weighted by Crippen LogP contribution is 2.14. The summed E-state index contributed by atoms with van der Waals surface area (Å²) in [5, 5.41) is 7.54. The second kappa shape index (κ2) is 7.40. The Balaban J connectivity index is 0.00000110. The highest BCUT2D eigenvalue weighted by atomic mass is 35.5. The van der Waals surface area contributed by atoms with Gasteiger partial charge < -0.3 is 15.0 Å². The maximum Gasteiger partial charge on any atom is 0.242 e. The Labute approximate surface area is 136 Å². The fraction of sp³-hybridized carbons (Fsp3) is 0.750. The van der Waals surface area contributed by atoms with Gasteiger partial charge in [-0.15, -0.1) is 24.8 Å². The first-order valence-electron chi connectivity index (χ1n) is 6.69. The van der Waals surface area contributed by atoms with Gasteiger partial charge in [0.05, 0.1) is 25.8 Å². The molecule has 1 saturated heterocycles. The van der Waals surface area contributed by atoms with Gasteiger partial charge in [-0.2, -0.15) is 5.10 Å². The monoisotopic (exact) mass is 337 g/mol. The SMILES string of the molecule is Cc1nc2n(n1)CCN(C(=O)[C@H]1NCCO[C@@H]1C)C2.Cl.Cl. The van der Waals surface area contributed by atoms with Crippen LogP contribution >= 0.6 is 24.8 Å². The largest absolute Gasteiger partial charge is 0.375 e. The fourth-order valence-corrected chi connectivity index (χ4v) is 2.65. The Morgan fingerprint density at radius 1 is 1.38 bits per heavy atom. The van der Waals surface area contributed by atoms with Gasteiger partial charge in [-0.25, -0.2) is 9.67 Å². The molecule has 1 fully saturated rings. The van der Waals surface area contributed by atoms with Gasteiger partial charge in [0.25, 0.3) is 0 Å². The lowest BCUT2D eigenvalue weighted by Gasteiger charge is -2.35. The highest BCUT2D eigenvalue weighted by molar-refractivity contribution is 5.85. The predicted octanol–water partition coefficient (Wildman–Crippen LogP) is 0.149. The topological polar surface area (TPSA) is 72.3 Å². The molecule has 0 radical (unpaired) electrons. The molecule has 1 aromatic rings. The number of hydrogen-bond acceptors (Lipinski definition) is 5. The number of carbonyl (C=O) groups is 1. The van der Waals surface area contributed by atoms with Crippen molar-refractivity contribution < 1.29 is 9.53 Å². The van der Waals surface area contributed by atoms with Gasteiger partial charge in [-0.05, 0) is 13.8 Å². The lowest BCUT2D eigenvalue weighted by atomic mass is 10.1. The second-order valence-electron chi connectivity index (χ2n) is 5.07. The summed E-state index contributed by atoms with van der Waals surface area (Å²) in [5.74, 6) is 1.72. The van der Waals surface area contributed by atoms with Crippen molar-refractivity contribution in [1.29, 1.82) is 0 Å². The van der Waals surface area contributed by atoms with E-state index in [0.29, 0.717) is 26.2 Å². The molecular formula is C12H21Cl2N5O2. The molecule has 1 amide bonds. The number of nitrogens with one attached hydrogen (secondary N) is 1. The maximum absolute atomic E-state index is 12.5. The average Bonchev–Trinajstić information content (AvgIpc) is 2.77. The molecule has 1 aromatic heterocycles. The molecule has 3 heterocycles. The van der Waals surface area contributed by atoms with E-state index < -0.39 is 0 Å². The summed E-state index contributed by atoms with van der Waals surface area (Å²) in [7, 11) is 0. The van der Waals surface area contributed by atoms with E-state index in [9.17, 15) is 4.79 Å². The van der Waals surface area contributed by atoms with Crippen LogP contribution < -0.4 is 5.32 Å². The van der Waals surface area contributed by atoms with Crippen LogP contribution in [0.15, 0.2) is 0 Å². The van der Waals surface area contributed by atoms with Crippen LogP contribution in [0.5, 0.6) is 0 Å². The zero-order chi connectivity index (χ0) is 13.4. The van der Waals surface area contributed by atoms with Crippen LogP contribution in [0.1, 0.15) is 18.6 Å². The molecule has 0 bridgehead atoms. The zero-order valence-electron chi connectivity index (χ0n) is 12.1. The molecule has 9 heteroatoms. The van der Waals surface area contributed by atoms with Crippen LogP contribution in [0.3, 0.4) is 0 Å². The average molecular weight is 338 g/mol. The molecular weight excluding hydrogens is 317 g/mol. The van der Waals surface area contributed by atoms with E-state index in [2.05, 4.69) is 15.4 Å². The summed E-state index contributed by atoms with van der Waals surface area (Å²) in [5.41, 5.74) is 0. The molecule has 21 heavy (non-hydrogen) atoms. The summed E-state index contributed by atoms with van der Waals surface area (Å²) in [6, 6.07) is -0.246. The number of aromatic nitrogens is 3. The van der Waals surface area contributed by atoms with Gasteiger partial charge in [-0.3, -0.25) is 4.79 Å². The van der Waals surface area contributed by atoms with Crippen LogP contribution in [0.25, 0.3) is 0 Å². The number of carbonyl (C=O) groups excluding carboxylic acids is 1. The van der Waals surface area contributed by atoms with Crippen LogP contribution in [0.2, 0.25) is 0 Å². The number of nitrogens with zero attached hydrogens (tertiary/aromatic N) is 4. The first kappa shape index (κ1) is 18.2. The molecule has 0 aromatic carbocycles. The Morgan fingerprint density at radius 3 is 2.86 bits per heavy atom. The van der Waals surface area contributed by atoms with Gasteiger partial charge in [0.2, 0.25) is 5.91 Å². The predicted molar refractivity (Wildman–Crippen MR) is 81.9 cm³/mol. The number of aryl methyl sites for hydroxylation is 1. The van der Waals surface area contributed by atoms with Crippen LogP contribution in [-0.2, 0) is 22.6 Å². The fourth-order valence-electron chi connectivity index (χ4n) is 2.65. The van der Waals surface area contributed by atoms with E-state index in [-0.39, 0.29) is 42.9 Å². The number of morpholine rings is 1. The third kappa shape index (κ3) is 3.66. The van der Waals surface area contributed by atoms with Crippen molar-refractivity contribution in [3.63, 3.8) is 0 Å². The lowest BCUT2D eigenvalue weighted by molar-refractivity contribution is -0.141. The standard InChI is InChI=1S/C12H19N5O2.2ClH/c1-8-11(13-3-6-19-8)12(18)16-4-5-17-10(7-16)14-9(2)15-17;;/h8,11,13H,3-7H2,1-2H3;2*1H/t8-,11+;;/m1../s1. The number of fused-ring (bicyclic) bond motifs is 1. The Bertz CT molecular complexity index is 496. The van der Waals surface area contributed by atoms with E-state index in [0.717, 1.165) is 18.2 Å². The first-order valence-corrected chi connectivity index (χ1v) is 6.69. The second-order valence-corrected chi connectivity index (χ2v) is 5.07. The molecule has 3 rings (SSSR count). The first-order chi connectivity index (χ1) is 9.15. The molecule has 2 atom stereocenters. The van der Waals surface area contributed by atoms with Crippen molar-refractivity contribution in [1.82, 2.24) is 25.0 Å². The van der Waals surface area contributed by atoms with Crippen molar-refractivity contribution in [3.8, 4) is 0 Å². The third-order valence-corrected chi connectivity index (χ3v) is 3.66. The third-order valence-electron chi connectivity index (χ3n) is 3.66. The van der Waals surface area contributed by atoms with Crippen molar-refractivity contribution in [3.05, 3.63) is 11.6 Å². The van der Waals surface area contributed by atoms with Gasteiger partial charge in [0.1, 0.15) is 17.7 Å². The maximum atomic E-state index is 12.5. The van der Waals surface area contributed by atoms with Crippen molar-refractivity contribution in [2.75, 3.05) is 19.7 Å². The zero-order valence-corrected chi connectivity index (χ0v) is 13.7. The van der Waals surface area contributed by atoms with Crippen LogP contribution in [0.4, 0.5) is 0 Å². The van der Waals surface area contributed by atoms with Gasteiger partial charge in [0.15, 0.2) is 0 Å². The van der Waals surface area contributed by atoms with E-state index in [4.69, 9.17) is 4.74 Å². The van der Waals surface area contributed by atoms with Gasteiger partial charge in [-0.1, -0.05) is 0 Å². The Morgan fingerprint density at radius 2 is 2.14 bits per heavy atom. The van der Waals surface area contributed by atoms with E-state index in [1.807, 2.05) is 23.4 Å². The van der Waals surface area contributed by atoms with E-state index in [1.165, 1.54) is 0 Å². The van der Waals surface area contributed by atoms with Crippen molar-refractivity contribution in [2.45, 2.75) is 39.1 Å². The minimum absolute atomic E-state index is 0. The summed E-state index contributed by atoms with van der Waals surface area (Å²) in [4.78, 5) is 18.7. The van der Waals surface area contributed by atoms with Gasteiger partial charge >= 0.3 is 0 Å². The van der Waals surface area contributed by atoms with Gasteiger partial charge in [0, 0.05) is 13.1 Å². The molecule has 2 aliphatic rings. The lowest BCUT2D eigenvalue weighted by Crippen LogP contribution is -2.57. The van der Waals surface area contributed by atoms with E-state index >= 15 is 0 Å². The minimum atomic E-state index is -0.246. The summed E-state index contributed by atoms with van der Waals surface area (Å²) in [6.45, 7) is 7.12. The van der Waals surface area contributed by atoms with Crippen molar-refractivity contribution >= 4 is 30.7 Å². The molecule has 2 aliphatic heterocycles. The number of rotatable bonds is 1. The van der Waals surface area contributed by atoms with E-state index in [1.54, 1.807) is 0 Å². The van der Waals surface area contributed by atoms with Crippen LogP contribution in [-0.4, -0.2) is 57.4 Å². The van der Waals surface area contributed by atoms with Crippen LogP contribution in [0, 0.1) is 6.92 Å². The molecule has 7 nitrogen and oxygen atoms in total. The summed E-state index contributed by atoms with van der Waals surface area (Å²) < 4.78 is 7.42. The number of hydrogen-bond donors (Lipinski definition) is 1. The smallest absolute Gasteiger partial charge is 0.242 e. The Kier molecular flexibility index (Phi) is 6.40. The summed E-state index contributed by atoms with van der Waals surface area (Å²) in [6.07, 6.45) is -0.0808. The molecule has 0 unspecified atom stereocenters. The normalized spacial score (nSPS) is 24.6. The molecule has 0 saturated carbocycles. The molecule has 0 aliphatic carbocycles. The van der Waals surface area contributed by atoms with Crippen molar-refractivity contribution in [2.24, 2.45) is 0 Å². The molecule has 0 spiro atoms. The highest BCUT2D eigenvalue weighted by Gasteiger charge is 2.33. The minimum Gasteiger partial charge on any atom is -0.375 e. The molecule has 120 valence electrons. The number of ether oxygens (including phenoxy) is 1. The number of halogens is 2. The number of amides is 1. The summed E-state index contributed by atoms with van der Waals surface area (Å²) >= 11 is 0.